The second kappa shape index (κ2) is 6.43. The highest BCUT2D eigenvalue weighted by atomic mass is 16.1. The maximum absolute atomic E-state index is 12.0. The van der Waals surface area contributed by atoms with E-state index in [0.29, 0.717) is 16.8 Å². The average Bonchev–Trinajstić information content (AvgIpc) is 2.72. The highest BCUT2D eigenvalue weighted by Crippen LogP contribution is 2.29. The maximum atomic E-state index is 12.0. The second-order valence-corrected chi connectivity index (χ2v) is 6.05. The predicted octanol–water partition coefficient (Wildman–Crippen LogP) is 3.77. The van der Waals surface area contributed by atoms with Crippen molar-refractivity contribution in [1.82, 2.24) is 4.57 Å². The molecule has 2 aromatic rings. The Morgan fingerprint density at radius 1 is 0.875 bits per heavy atom. The molecule has 126 valence electrons. The zero-order valence-electron chi connectivity index (χ0n) is 14.9. The molecule has 1 N–H and O–H groups in total. The van der Waals surface area contributed by atoms with Crippen LogP contribution in [0, 0.1) is 20.8 Å². The van der Waals surface area contributed by atoms with Crippen LogP contribution in [0.3, 0.4) is 0 Å². The minimum absolute atomic E-state index is 0.131. The van der Waals surface area contributed by atoms with Crippen molar-refractivity contribution in [3.63, 3.8) is 0 Å². The molecule has 1 amide bonds. The minimum Gasteiger partial charge on any atom is -0.326 e. The third-order valence-electron chi connectivity index (χ3n) is 4.14. The van der Waals surface area contributed by atoms with E-state index in [2.05, 4.69) is 5.32 Å². The lowest BCUT2D eigenvalue weighted by atomic mass is 10.0. The van der Waals surface area contributed by atoms with Crippen molar-refractivity contribution in [2.75, 3.05) is 5.32 Å². The van der Waals surface area contributed by atoms with Gasteiger partial charge in [0.15, 0.2) is 11.6 Å². The smallest absolute Gasteiger partial charge is 0.221 e. The van der Waals surface area contributed by atoms with Crippen LogP contribution in [0.2, 0.25) is 0 Å². The molecule has 5 nitrogen and oxygen atoms in total. The number of nitrogens with zero attached hydrogens (tertiary/aromatic N) is 1. The molecule has 0 aliphatic carbocycles. The van der Waals surface area contributed by atoms with Gasteiger partial charge in [0.1, 0.15) is 0 Å². The summed E-state index contributed by atoms with van der Waals surface area (Å²) in [7, 11) is 0. The fraction of sp³-hybridized carbons (Fsp3) is 0.316. The highest BCUT2D eigenvalue weighted by Gasteiger charge is 2.24. The molecule has 1 heterocycles. The molecule has 0 aliphatic heterocycles. The van der Waals surface area contributed by atoms with Gasteiger partial charge in [-0.2, -0.15) is 0 Å². The van der Waals surface area contributed by atoms with Crippen LogP contribution in [0.25, 0.3) is 5.69 Å². The molecule has 0 unspecified atom stereocenters. The summed E-state index contributed by atoms with van der Waals surface area (Å²) in [5.74, 6) is -0.410. The Labute approximate surface area is 141 Å². The lowest BCUT2D eigenvalue weighted by Crippen LogP contribution is -2.08. The fourth-order valence-corrected chi connectivity index (χ4v) is 3.16. The van der Waals surface area contributed by atoms with Crippen LogP contribution in [-0.4, -0.2) is 22.0 Å². The second-order valence-electron chi connectivity index (χ2n) is 6.05. The number of aromatic nitrogens is 1. The van der Waals surface area contributed by atoms with E-state index in [1.807, 2.05) is 43.5 Å². The number of benzene rings is 1. The SMILES string of the molecule is CC(=O)Nc1cc(-n2c(C)c(C(C)=O)c(C(C)=O)c2C)ccc1C. The quantitative estimate of drug-likeness (QED) is 0.870. The van der Waals surface area contributed by atoms with Crippen molar-refractivity contribution in [1.29, 1.82) is 0 Å². The molecular formula is C19H22N2O3. The molecule has 0 spiro atoms. The van der Waals surface area contributed by atoms with E-state index >= 15 is 0 Å². The van der Waals surface area contributed by atoms with Crippen LogP contribution in [-0.2, 0) is 4.79 Å². The molecular weight excluding hydrogens is 304 g/mol. The Bertz CT molecular complexity index is 822. The normalized spacial score (nSPS) is 10.6. The average molecular weight is 326 g/mol. The maximum Gasteiger partial charge on any atom is 0.221 e. The summed E-state index contributed by atoms with van der Waals surface area (Å²) >= 11 is 0. The number of Topliss-reactive ketones (excluding diaryl/α,β-unsaturated/α-hetero) is 2. The Morgan fingerprint density at radius 3 is 1.79 bits per heavy atom. The van der Waals surface area contributed by atoms with Gasteiger partial charge in [0.2, 0.25) is 5.91 Å². The number of aryl methyl sites for hydroxylation is 1. The van der Waals surface area contributed by atoms with E-state index in [1.165, 1.54) is 20.8 Å². The summed E-state index contributed by atoms with van der Waals surface area (Å²) in [6.45, 7) is 9.96. The van der Waals surface area contributed by atoms with Crippen LogP contribution in [0.4, 0.5) is 5.69 Å². The molecule has 24 heavy (non-hydrogen) atoms. The first-order valence-corrected chi connectivity index (χ1v) is 7.77. The number of hydrogen-bond donors (Lipinski definition) is 1. The molecule has 0 fully saturated rings. The van der Waals surface area contributed by atoms with Crippen molar-refractivity contribution in [2.45, 2.75) is 41.5 Å². The van der Waals surface area contributed by atoms with E-state index < -0.39 is 0 Å². The van der Waals surface area contributed by atoms with E-state index in [1.54, 1.807) is 0 Å². The van der Waals surface area contributed by atoms with Crippen LogP contribution in [0.5, 0.6) is 0 Å². The van der Waals surface area contributed by atoms with Gasteiger partial charge >= 0.3 is 0 Å². The number of carbonyl (C=O) groups excluding carboxylic acids is 3. The fourth-order valence-electron chi connectivity index (χ4n) is 3.16. The Hall–Kier alpha value is -2.69. The van der Waals surface area contributed by atoms with Crippen LogP contribution in [0.15, 0.2) is 18.2 Å². The number of hydrogen-bond acceptors (Lipinski definition) is 3. The summed E-state index contributed by atoms with van der Waals surface area (Å²) in [5.41, 5.74) is 4.82. The van der Waals surface area contributed by atoms with Gasteiger partial charge in [-0.3, -0.25) is 14.4 Å². The number of anilines is 1. The van der Waals surface area contributed by atoms with Gasteiger partial charge in [-0.1, -0.05) is 6.07 Å². The van der Waals surface area contributed by atoms with Gasteiger partial charge in [0.25, 0.3) is 0 Å². The van der Waals surface area contributed by atoms with Crippen molar-refractivity contribution >= 4 is 23.2 Å². The first kappa shape index (κ1) is 17.7. The lowest BCUT2D eigenvalue weighted by molar-refractivity contribution is -0.114. The van der Waals surface area contributed by atoms with Crippen LogP contribution < -0.4 is 5.32 Å². The van der Waals surface area contributed by atoms with Gasteiger partial charge < -0.3 is 9.88 Å². The highest BCUT2D eigenvalue weighted by molar-refractivity contribution is 6.09. The molecule has 2 rings (SSSR count). The topological polar surface area (TPSA) is 68.2 Å². The molecule has 1 aromatic heterocycles. The summed E-state index contributed by atoms with van der Waals surface area (Å²) in [6.07, 6.45) is 0. The van der Waals surface area contributed by atoms with Gasteiger partial charge in [-0.25, -0.2) is 0 Å². The molecule has 0 atom stereocenters. The minimum atomic E-state index is -0.148. The standard InChI is InChI=1S/C19H22N2O3/c1-10-7-8-16(9-17(10)20-15(6)24)21-11(2)18(13(4)22)19(12(21)3)14(5)23/h7-9H,1-6H3,(H,20,24). The van der Waals surface area contributed by atoms with Crippen LogP contribution >= 0.6 is 0 Å². The first-order chi connectivity index (χ1) is 11.1. The number of ketones is 2. The third kappa shape index (κ3) is 3.02. The van der Waals surface area contributed by atoms with Crippen molar-refractivity contribution in [2.24, 2.45) is 0 Å². The summed E-state index contributed by atoms with van der Waals surface area (Å²) < 4.78 is 1.89. The molecule has 0 saturated heterocycles. The van der Waals surface area contributed by atoms with Crippen molar-refractivity contribution in [3.05, 3.63) is 46.3 Å². The number of nitrogens with one attached hydrogen (secondary N) is 1. The van der Waals surface area contributed by atoms with Gasteiger partial charge in [-0.15, -0.1) is 0 Å². The molecule has 1 aromatic carbocycles. The number of rotatable bonds is 4. The number of carbonyl (C=O) groups is 3. The summed E-state index contributed by atoms with van der Waals surface area (Å²) in [4.78, 5) is 35.4. The largest absolute Gasteiger partial charge is 0.326 e. The number of amides is 1. The van der Waals surface area contributed by atoms with E-state index in [-0.39, 0.29) is 17.5 Å². The summed E-state index contributed by atoms with van der Waals surface area (Å²) in [6, 6.07) is 5.67. The molecule has 5 heteroatoms. The Kier molecular flexibility index (Phi) is 4.73. The van der Waals surface area contributed by atoms with E-state index in [4.69, 9.17) is 0 Å². The van der Waals surface area contributed by atoms with Gasteiger partial charge in [-0.05, 0) is 52.3 Å². The molecule has 0 radical (unpaired) electrons. The summed E-state index contributed by atoms with van der Waals surface area (Å²) in [5, 5.41) is 2.80. The molecule has 0 aliphatic rings. The van der Waals surface area contributed by atoms with Crippen LogP contribution in [0.1, 0.15) is 58.4 Å². The molecule has 0 saturated carbocycles. The van der Waals surface area contributed by atoms with Gasteiger partial charge in [0.05, 0.1) is 0 Å². The monoisotopic (exact) mass is 326 g/mol. The first-order valence-electron chi connectivity index (χ1n) is 7.77. The van der Waals surface area contributed by atoms with E-state index in [0.717, 1.165) is 22.6 Å². The van der Waals surface area contributed by atoms with Gasteiger partial charge in [0, 0.05) is 40.8 Å². The zero-order valence-corrected chi connectivity index (χ0v) is 14.9. The molecule has 0 bridgehead atoms. The third-order valence-corrected chi connectivity index (χ3v) is 4.14. The zero-order chi connectivity index (χ0) is 18.2. The lowest BCUT2D eigenvalue weighted by Gasteiger charge is -2.14. The van der Waals surface area contributed by atoms with E-state index in [9.17, 15) is 14.4 Å². The Balaban J connectivity index is 2.74. The van der Waals surface area contributed by atoms with Crippen molar-refractivity contribution < 1.29 is 14.4 Å². The van der Waals surface area contributed by atoms with Crippen molar-refractivity contribution in [3.8, 4) is 5.69 Å². The predicted molar refractivity (Wildman–Crippen MR) is 94.3 cm³/mol. The Morgan fingerprint density at radius 2 is 1.38 bits per heavy atom.